The second-order valence-electron chi connectivity index (χ2n) is 7.35. The molecular formula is C20H31N3O3. The number of nitrogens with one attached hydrogen (secondary N) is 1. The highest BCUT2D eigenvalue weighted by Crippen LogP contribution is 2.19. The van der Waals surface area contributed by atoms with E-state index in [0.29, 0.717) is 29.9 Å². The lowest BCUT2D eigenvalue weighted by Gasteiger charge is -2.38. The van der Waals surface area contributed by atoms with Crippen molar-refractivity contribution in [1.82, 2.24) is 9.80 Å². The zero-order chi connectivity index (χ0) is 19.3. The highest BCUT2D eigenvalue weighted by Gasteiger charge is 2.24. The predicted octanol–water partition coefficient (Wildman–Crippen LogP) is 2.52. The van der Waals surface area contributed by atoms with Crippen molar-refractivity contribution in [2.45, 2.75) is 45.7 Å². The molecule has 6 heteroatoms. The first kappa shape index (κ1) is 20.4. The summed E-state index contributed by atoms with van der Waals surface area (Å²) in [4.78, 5) is 28.7. The Morgan fingerprint density at radius 3 is 2.54 bits per heavy atom. The Hall–Kier alpha value is -1.92. The number of hydrogen-bond acceptors (Lipinski definition) is 5. The van der Waals surface area contributed by atoms with Crippen LogP contribution >= 0.6 is 0 Å². The molecule has 1 heterocycles. The fourth-order valence-corrected chi connectivity index (χ4v) is 3.39. The summed E-state index contributed by atoms with van der Waals surface area (Å²) in [7, 11) is 3.35. The van der Waals surface area contributed by atoms with Crippen molar-refractivity contribution in [3.8, 4) is 0 Å². The van der Waals surface area contributed by atoms with Gasteiger partial charge < -0.3 is 15.0 Å². The number of carbonyl (C=O) groups is 2. The van der Waals surface area contributed by atoms with E-state index in [2.05, 4.69) is 29.0 Å². The molecule has 1 amide bonds. The van der Waals surface area contributed by atoms with Crippen molar-refractivity contribution >= 4 is 17.6 Å². The smallest absolute Gasteiger partial charge is 0.337 e. The number of rotatable bonds is 6. The van der Waals surface area contributed by atoms with Crippen LogP contribution in [-0.2, 0) is 9.53 Å². The van der Waals surface area contributed by atoms with Gasteiger partial charge in [-0.2, -0.15) is 0 Å². The minimum absolute atomic E-state index is 0.0658. The maximum absolute atomic E-state index is 12.5. The summed E-state index contributed by atoms with van der Waals surface area (Å²) in [5.74, 6) is -0.474. The van der Waals surface area contributed by atoms with Crippen molar-refractivity contribution in [2.75, 3.05) is 39.1 Å². The molecule has 1 aromatic rings. The van der Waals surface area contributed by atoms with Crippen LogP contribution < -0.4 is 5.32 Å². The number of benzene rings is 1. The van der Waals surface area contributed by atoms with Crippen molar-refractivity contribution in [1.29, 1.82) is 0 Å². The largest absolute Gasteiger partial charge is 0.465 e. The molecule has 1 N–H and O–H groups in total. The van der Waals surface area contributed by atoms with Crippen LogP contribution in [0.1, 0.15) is 42.6 Å². The standard InChI is InChI=1S/C20H31N3O3/c1-14(2)23-10-8-17(9-11-23)22(4)13-19(24)21-18-12-16(20(25)26-5)7-6-15(18)3/h6-7,12,14,17H,8-11,13H2,1-5H3,(H,21,24). The van der Waals surface area contributed by atoms with Crippen LogP contribution in [-0.4, -0.2) is 67.6 Å². The first-order valence-corrected chi connectivity index (χ1v) is 9.25. The number of ether oxygens (including phenoxy) is 1. The quantitative estimate of drug-likeness (QED) is 0.789. The van der Waals surface area contributed by atoms with Crippen molar-refractivity contribution in [3.63, 3.8) is 0 Å². The van der Waals surface area contributed by atoms with Gasteiger partial charge in [0, 0.05) is 17.8 Å². The number of amides is 1. The summed E-state index contributed by atoms with van der Waals surface area (Å²) >= 11 is 0. The van der Waals surface area contributed by atoms with E-state index in [9.17, 15) is 9.59 Å². The first-order valence-electron chi connectivity index (χ1n) is 9.25. The summed E-state index contributed by atoms with van der Waals surface area (Å²) in [6, 6.07) is 6.19. The van der Waals surface area contributed by atoms with E-state index in [1.54, 1.807) is 12.1 Å². The lowest BCUT2D eigenvalue weighted by Crippen LogP contribution is -2.47. The number of hydrogen-bond donors (Lipinski definition) is 1. The average molecular weight is 361 g/mol. The summed E-state index contributed by atoms with van der Waals surface area (Å²) in [6.45, 7) is 8.85. The van der Waals surface area contributed by atoms with Crippen LogP contribution in [0.15, 0.2) is 18.2 Å². The molecule has 0 atom stereocenters. The van der Waals surface area contributed by atoms with Crippen molar-refractivity contribution < 1.29 is 14.3 Å². The molecular weight excluding hydrogens is 330 g/mol. The number of carbonyl (C=O) groups excluding carboxylic acids is 2. The van der Waals surface area contributed by atoms with Gasteiger partial charge in [-0.05, 0) is 71.4 Å². The third kappa shape index (κ3) is 5.29. The molecule has 0 saturated carbocycles. The zero-order valence-electron chi connectivity index (χ0n) is 16.5. The Morgan fingerprint density at radius 2 is 1.96 bits per heavy atom. The second kappa shape index (κ2) is 9.14. The fraction of sp³-hybridized carbons (Fsp3) is 0.600. The van der Waals surface area contributed by atoms with Gasteiger partial charge in [0.1, 0.15) is 0 Å². The SMILES string of the molecule is COC(=O)c1ccc(C)c(NC(=O)CN(C)C2CCN(C(C)C)CC2)c1. The molecule has 0 spiro atoms. The number of piperidine rings is 1. The number of esters is 1. The van der Waals surface area contributed by atoms with Gasteiger partial charge in [-0.25, -0.2) is 4.79 Å². The molecule has 1 aliphatic rings. The van der Waals surface area contributed by atoms with Gasteiger partial charge in [-0.1, -0.05) is 6.07 Å². The van der Waals surface area contributed by atoms with Gasteiger partial charge in [-0.15, -0.1) is 0 Å². The van der Waals surface area contributed by atoms with Gasteiger partial charge >= 0.3 is 5.97 Å². The lowest BCUT2D eigenvalue weighted by molar-refractivity contribution is -0.117. The minimum Gasteiger partial charge on any atom is -0.465 e. The highest BCUT2D eigenvalue weighted by atomic mass is 16.5. The molecule has 1 aromatic carbocycles. The molecule has 6 nitrogen and oxygen atoms in total. The van der Waals surface area contributed by atoms with E-state index in [-0.39, 0.29) is 5.91 Å². The molecule has 2 rings (SSSR count). The molecule has 26 heavy (non-hydrogen) atoms. The van der Waals surface area contributed by atoms with Gasteiger partial charge in [0.25, 0.3) is 0 Å². The van der Waals surface area contributed by atoms with Crippen LogP contribution in [0.2, 0.25) is 0 Å². The molecule has 0 bridgehead atoms. The molecule has 144 valence electrons. The molecule has 1 fully saturated rings. The lowest BCUT2D eigenvalue weighted by atomic mass is 10.0. The van der Waals surface area contributed by atoms with E-state index < -0.39 is 5.97 Å². The van der Waals surface area contributed by atoms with Crippen molar-refractivity contribution in [3.05, 3.63) is 29.3 Å². The van der Waals surface area contributed by atoms with Crippen molar-refractivity contribution in [2.24, 2.45) is 0 Å². The molecule has 0 radical (unpaired) electrons. The van der Waals surface area contributed by atoms with Crippen LogP contribution in [0.5, 0.6) is 0 Å². The second-order valence-corrected chi connectivity index (χ2v) is 7.35. The topological polar surface area (TPSA) is 61.9 Å². The third-order valence-electron chi connectivity index (χ3n) is 5.18. The summed E-state index contributed by atoms with van der Waals surface area (Å²) in [5, 5.41) is 2.93. The maximum Gasteiger partial charge on any atom is 0.337 e. The Bertz CT molecular complexity index is 637. The maximum atomic E-state index is 12.5. The Morgan fingerprint density at radius 1 is 1.31 bits per heavy atom. The van der Waals surface area contributed by atoms with Crippen LogP contribution in [0, 0.1) is 6.92 Å². The third-order valence-corrected chi connectivity index (χ3v) is 5.18. The number of anilines is 1. The van der Waals surface area contributed by atoms with Crippen LogP contribution in [0.4, 0.5) is 5.69 Å². The van der Waals surface area contributed by atoms with Crippen LogP contribution in [0.25, 0.3) is 0 Å². The number of likely N-dealkylation sites (N-methyl/N-ethyl adjacent to an activating group) is 1. The van der Waals surface area contributed by atoms with E-state index >= 15 is 0 Å². The average Bonchev–Trinajstić information content (AvgIpc) is 2.62. The van der Waals surface area contributed by atoms with Gasteiger partial charge in [0.05, 0.1) is 19.2 Å². The van der Waals surface area contributed by atoms with Gasteiger partial charge in [0.2, 0.25) is 5.91 Å². The summed E-state index contributed by atoms with van der Waals surface area (Å²) < 4.78 is 4.74. The van der Waals surface area contributed by atoms with Gasteiger partial charge in [0.15, 0.2) is 0 Å². The first-order chi connectivity index (χ1) is 12.3. The number of nitrogens with zero attached hydrogens (tertiary/aromatic N) is 2. The molecule has 0 unspecified atom stereocenters. The van der Waals surface area contributed by atoms with Gasteiger partial charge in [-0.3, -0.25) is 9.69 Å². The van der Waals surface area contributed by atoms with E-state index in [1.807, 2.05) is 20.0 Å². The Kier molecular flexibility index (Phi) is 7.17. The molecule has 1 aliphatic heterocycles. The number of likely N-dealkylation sites (tertiary alicyclic amines) is 1. The zero-order valence-corrected chi connectivity index (χ0v) is 16.5. The van der Waals surface area contributed by atoms with E-state index in [1.165, 1.54) is 7.11 Å². The Labute approximate surface area is 156 Å². The normalized spacial score (nSPS) is 16.1. The molecule has 0 aliphatic carbocycles. The highest BCUT2D eigenvalue weighted by molar-refractivity contribution is 5.96. The number of aryl methyl sites for hydroxylation is 1. The molecule has 1 saturated heterocycles. The van der Waals surface area contributed by atoms with Crippen LogP contribution in [0.3, 0.4) is 0 Å². The van der Waals surface area contributed by atoms with E-state index in [4.69, 9.17) is 4.74 Å². The molecule has 0 aromatic heterocycles. The predicted molar refractivity (Wildman–Crippen MR) is 104 cm³/mol. The summed E-state index contributed by atoms with van der Waals surface area (Å²) in [6.07, 6.45) is 2.16. The number of methoxy groups -OCH3 is 1. The Balaban J connectivity index is 1.91. The van der Waals surface area contributed by atoms with E-state index in [0.717, 1.165) is 31.5 Å². The monoisotopic (exact) mass is 361 g/mol. The fourth-order valence-electron chi connectivity index (χ4n) is 3.39. The summed E-state index contributed by atoms with van der Waals surface area (Å²) in [5.41, 5.74) is 2.00. The minimum atomic E-state index is -0.408.